The summed E-state index contributed by atoms with van der Waals surface area (Å²) in [6.07, 6.45) is 0. The second-order valence-electron chi connectivity index (χ2n) is 5.93. The van der Waals surface area contributed by atoms with Crippen LogP contribution in [0.4, 0.5) is 15.8 Å². The normalized spacial score (nSPS) is 10.9. The quantitative estimate of drug-likeness (QED) is 0.529. The molecule has 0 amide bonds. The summed E-state index contributed by atoms with van der Waals surface area (Å²) >= 11 is 5.24. The van der Waals surface area contributed by atoms with Gasteiger partial charge in [0.15, 0.2) is 5.11 Å². The van der Waals surface area contributed by atoms with Crippen molar-refractivity contribution in [3.05, 3.63) is 90.2 Å². The fraction of sp³-hybridized carbons (Fsp3) is 0.0500. The maximum Gasteiger partial charge on any atom is 0.261 e. The molecule has 0 spiro atoms. The van der Waals surface area contributed by atoms with E-state index in [2.05, 4.69) is 15.4 Å². The number of benzene rings is 3. The van der Waals surface area contributed by atoms with Crippen molar-refractivity contribution in [2.75, 3.05) is 10.0 Å². The Kier molecular flexibility index (Phi) is 6.23. The van der Waals surface area contributed by atoms with Gasteiger partial charge in [-0.2, -0.15) is 0 Å². The Balaban J connectivity index is 1.64. The fourth-order valence-electron chi connectivity index (χ4n) is 2.42. The van der Waals surface area contributed by atoms with Gasteiger partial charge in [0.1, 0.15) is 5.82 Å². The van der Waals surface area contributed by atoms with Gasteiger partial charge >= 0.3 is 0 Å². The van der Waals surface area contributed by atoms with E-state index in [4.69, 9.17) is 12.2 Å². The zero-order chi connectivity index (χ0) is 20.0. The van der Waals surface area contributed by atoms with Crippen LogP contribution in [-0.4, -0.2) is 13.5 Å². The third-order valence-corrected chi connectivity index (χ3v) is 5.42. The second kappa shape index (κ2) is 8.81. The van der Waals surface area contributed by atoms with Crippen molar-refractivity contribution in [2.45, 2.75) is 11.4 Å². The van der Waals surface area contributed by atoms with Crippen LogP contribution < -0.4 is 15.4 Å². The number of hydrogen-bond donors (Lipinski definition) is 3. The molecule has 144 valence electrons. The summed E-state index contributed by atoms with van der Waals surface area (Å²) in [6, 6.07) is 21.1. The van der Waals surface area contributed by atoms with Crippen molar-refractivity contribution in [3.8, 4) is 0 Å². The Morgan fingerprint density at radius 3 is 2.29 bits per heavy atom. The summed E-state index contributed by atoms with van der Waals surface area (Å²) in [5.41, 5.74) is 1.89. The van der Waals surface area contributed by atoms with E-state index in [0.29, 0.717) is 23.0 Å². The SMILES string of the molecule is O=S(=O)(Nc1ccccc1)c1cccc(NC(=S)NCc2ccc(F)cc2)c1. The molecule has 0 aliphatic heterocycles. The van der Waals surface area contributed by atoms with Gasteiger partial charge in [0.2, 0.25) is 0 Å². The minimum atomic E-state index is -3.72. The maximum atomic E-state index is 12.9. The van der Waals surface area contributed by atoms with E-state index in [1.54, 1.807) is 48.5 Å². The number of thiocarbonyl (C=S) groups is 1. The molecular weight excluding hydrogens is 397 g/mol. The molecule has 0 atom stereocenters. The van der Waals surface area contributed by atoms with Crippen LogP contribution in [0.5, 0.6) is 0 Å². The van der Waals surface area contributed by atoms with Crippen molar-refractivity contribution in [3.63, 3.8) is 0 Å². The maximum absolute atomic E-state index is 12.9. The van der Waals surface area contributed by atoms with Gasteiger partial charge in [-0.25, -0.2) is 12.8 Å². The number of halogens is 1. The molecule has 0 heterocycles. The van der Waals surface area contributed by atoms with Crippen LogP contribution in [0, 0.1) is 5.82 Å². The van der Waals surface area contributed by atoms with Gasteiger partial charge in [-0.05, 0) is 60.2 Å². The highest BCUT2D eigenvalue weighted by atomic mass is 32.2. The number of sulfonamides is 1. The van der Waals surface area contributed by atoms with E-state index < -0.39 is 10.0 Å². The fourth-order valence-corrected chi connectivity index (χ4v) is 3.72. The summed E-state index contributed by atoms with van der Waals surface area (Å²) in [7, 11) is -3.72. The van der Waals surface area contributed by atoms with Gasteiger partial charge in [-0.1, -0.05) is 36.4 Å². The summed E-state index contributed by atoms with van der Waals surface area (Å²) < 4.78 is 40.6. The van der Waals surface area contributed by atoms with Crippen molar-refractivity contribution in [1.82, 2.24) is 5.32 Å². The summed E-state index contributed by atoms with van der Waals surface area (Å²) in [4.78, 5) is 0.114. The Morgan fingerprint density at radius 1 is 0.893 bits per heavy atom. The molecule has 3 aromatic carbocycles. The number of hydrogen-bond acceptors (Lipinski definition) is 3. The largest absolute Gasteiger partial charge is 0.358 e. The molecule has 0 saturated carbocycles. The molecule has 3 rings (SSSR count). The van der Waals surface area contributed by atoms with Crippen LogP contribution >= 0.6 is 12.2 Å². The minimum absolute atomic E-state index is 0.114. The van der Waals surface area contributed by atoms with Crippen molar-refractivity contribution < 1.29 is 12.8 Å². The predicted octanol–water partition coefficient (Wildman–Crippen LogP) is 4.11. The zero-order valence-electron chi connectivity index (χ0n) is 14.7. The third-order valence-electron chi connectivity index (χ3n) is 3.79. The predicted molar refractivity (Wildman–Crippen MR) is 113 cm³/mol. The van der Waals surface area contributed by atoms with E-state index in [9.17, 15) is 12.8 Å². The first-order valence-corrected chi connectivity index (χ1v) is 10.3. The van der Waals surface area contributed by atoms with Crippen LogP contribution in [0.2, 0.25) is 0 Å². The molecule has 28 heavy (non-hydrogen) atoms. The highest BCUT2D eigenvalue weighted by Crippen LogP contribution is 2.19. The Morgan fingerprint density at radius 2 is 1.57 bits per heavy atom. The minimum Gasteiger partial charge on any atom is -0.358 e. The molecule has 8 heteroatoms. The molecule has 0 saturated heterocycles. The van der Waals surface area contributed by atoms with Gasteiger partial charge < -0.3 is 10.6 Å². The first-order valence-electron chi connectivity index (χ1n) is 8.40. The zero-order valence-corrected chi connectivity index (χ0v) is 16.4. The number of nitrogens with one attached hydrogen (secondary N) is 3. The standard InChI is InChI=1S/C20H18FN3O2S2/c21-16-11-9-15(10-12-16)14-22-20(27)23-18-7-4-8-19(13-18)28(25,26)24-17-5-2-1-3-6-17/h1-13,24H,14H2,(H2,22,23,27). The third kappa shape index (κ3) is 5.51. The second-order valence-corrected chi connectivity index (χ2v) is 8.02. The molecule has 3 N–H and O–H groups in total. The number of para-hydroxylation sites is 1. The Hall–Kier alpha value is -2.97. The first-order chi connectivity index (χ1) is 13.4. The molecular formula is C20H18FN3O2S2. The lowest BCUT2D eigenvalue weighted by atomic mass is 10.2. The Bertz CT molecular complexity index is 1060. The molecule has 5 nitrogen and oxygen atoms in total. The lowest BCUT2D eigenvalue weighted by Gasteiger charge is -2.12. The highest BCUT2D eigenvalue weighted by molar-refractivity contribution is 7.92. The number of anilines is 2. The molecule has 0 aliphatic carbocycles. The van der Waals surface area contributed by atoms with E-state index in [0.717, 1.165) is 5.56 Å². The smallest absolute Gasteiger partial charge is 0.261 e. The highest BCUT2D eigenvalue weighted by Gasteiger charge is 2.14. The van der Waals surface area contributed by atoms with Crippen LogP contribution in [-0.2, 0) is 16.6 Å². The molecule has 0 aliphatic rings. The summed E-state index contributed by atoms with van der Waals surface area (Å²) in [6.45, 7) is 0.416. The van der Waals surface area contributed by atoms with E-state index in [1.165, 1.54) is 24.3 Å². The van der Waals surface area contributed by atoms with E-state index in [-0.39, 0.29) is 10.7 Å². The molecule has 0 fully saturated rings. The Labute approximate surface area is 168 Å². The van der Waals surface area contributed by atoms with E-state index >= 15 is 0 Å². The van der Waals surface area contributed by atoms with Gasteiger partial charge in [0, 0.05) is 17.9 Å². The van der Waals surface area contributed by atoms with Gasteiger partial charge in [-0.15, -0.1) is 0 Å². The van der Waals surface area contributed by atoms with E-state index in [1.807, 2.05) is 6.07 Å². The first kappa shape index (κ1) is 19.8. The van der Waals surface area contributed by atoms with Crippen LogP contribution in [0.25, 0.3) is 0 Å². The van der Waals surface area contributed by atoms with Crippen LogP contribution in [0.15, 0.2) is 83.8 Å². The van der Waals surface area contributed by atoms with Gasteiger partial charge in [-0.3, -0.25) is 4.72 Å². The number of rotatable bonds is 6. The van der Waals surface area contributed by atoms with Crippen LogP contribution in [0.3, 0.4) is 0 Å². The average molecular weight is 416 g/mol. The summed E-state index contributed by atoms with van der Waals surface area (Å²) in [5, 5.41) is 6.28. The monoisotopic (exact) mass is 415 g/mol. The van der Waals surface area contributed by atoms with Crippen LogP contribution in [0.1, 0.15) is 5.56 Å². The molecule has 3 aromatic rings. The van der Waals surface area contributed by atoms with Gasteiger partial charge in [0.05, 0.1) is 4.90 Å². The van der Waals surface area contributed by atoms with Crippen molar-refractivity contribution in [2.24, 2.45) is 0 Å². The lowest BCUT2D eigenvalue weighted by molar-refractivity contribution is 0.601. The van der Waals surface area contributed by atoms with Crippen molar-refractivity contribution in [1.29, 1.82) is 0 Å². The van der Waals surface area contributed by atoms with Crippen molar-refractivity contribution >= 4 is 38.7 Å². The topological polar surface area (TPSA) is 70.2 Å². The molecule has 0 bridgehead atoms. The lowest BCUT2D eigenvalue weighted by Crippen LogP contribution is -2.28. The molecule has 0 unspecified atom stereocenters. The molecule has 0 radical (unpaired) electrons. The summed E-state index contributed by atoms with van der Waals surface area (Å²) in [5.74, 6) is -0.299. The average Bonchev–Trinajstić information content (AvgIpc) is 2.68. The van der Waals surface area contributed by atoms with Gasteiger partial charge in [0.25, 0.3) is 10.0 Å². The molecule has 0 aromatic heterocycles.